The van der Waals surface area contributed by atoms with Gasteiger partial charge in [0.1, 0.15) is 0 Å². The van der Waals surface area contributed by atoms with Crippen LogP contribution in [-0.2, 0) is 12.8 Å². The maximum atomic E-state index is 4.72. The minimum absolute atomic E-state index is 1.01. The Labute approximate surface area is 117 Å². The molecule has 2 heteroatoms. The number of nitrogens with zero attached hydrogens (tertiary/aromatic N) is 2. The van der Waals surface area contributed by atoms with E-state index in [4.69, 9.17) is 9.98 Å². The van der Waals surface area contributed by atoms with Crippen molar-refractivity contribution < 1.29 is 0 Å². The normalized spacial score (nSPS) is 10.3. The summed E-state index contributed by atoms with van der Waals surface area (Å²) in [7, 11) is 0. The molecular formula is C17H26N2. The van der Waals surface area contributed by atoms with Crippen molar-refractivity contribution in [3.05, 3.63) is 22.8 Å². The van der Waals surface area contributed by atoms with Gasteiger partial charge in [-0.05, 0) is 58.6 Å². The Morgan fingerprint density at radius 2 is 1.21 bits per heavy atom. The van der Waals surface area contributed by atoms with Gasteiger partial charge in [0.25, 0.3) is 0 Å². The van der Waals surface area contributed by atoms with E-state index in [2.05, 4.69) is 26.8 Å². The third kappa shape index (κ3) is 3.76. The minimum Gasteiger partial charge on any atom is -0.258 e. The second kappa shape index (κ2) is 6.65. The Balaban J connectivity index is 3.64. The predicted octanol–water partition coefficient (Wildman–Crippen LogP) is 5.34. The number of benzene rings is 1. The van der Waals surface area contributed by atoms with E-state index in [1.807, 2.05) is 27.7 Å². The summed E-state index contributed by atoms with van der Waals surface area (Å²) in [6, 6.07) is 2.27. The van der Waals surface area contributed by atoms with Gasteiger partial charge in [0.2, 0.25) is 0 Å². The third-order valence-corrected chi connectivity index (χ3v) is 3.10. The van der Waals surface area contributed by atoms with Gasteiger partial charge in [-0.3, -0.25) is 9.98 Å². The molecule has 0 aliphatic heterocycles. The van der Waals surface area contributed by atoms with Gasteiger partial charge in [-0.25, -0.2) is 0 Å². The molecule has 0 unspecified atom stereocenters. The van der Waals surface area contributed by atoms with E-state index in [1.165, 1.54) is 16.7 Å². The van der Waals surface area contributed by atoms with Crippen molar-refractivity contribution in [2.45, 2.75) is 61.3 Å². The summed E-state index contributed by atoms with van der Waals surface area (Å²) in [6.45, 7) is 14.7. The molecule has 0 spiro atoms. The molecule has 0 saturated carbocycles. The van der Waals surface area contributed by atoms with Crippen LogP contribution < -0.4 is 0 Å². The first-order chi connectivity index (χ1) is 8.90. The van der Waals surface area contributed by atoms with E-state index in [9.17, 15) is 0 Å². The fourth-order valence-electron chi connectivity index (χ4n) is 2.24. The molecule has 1 aromatic carbocycles. The van der Waals surface area contributed by atoms with E-state index in [0.717, 1.165) is 35.6 Å². The van der Waals surface area contributed by atoms with Gasteiger partial charge in [-0.2, -0.15) is 0 Å². The Kier molecular flexibility index (Phi) is 5.46. The topological polar surface area (TPSA) is 24.7 Å². The monoisotopic (exact) mass is 258 g/mol. The molecule has 0 saturated heterocycles. The highest BCUT2D eigenvalue weighted by atomic mass is 14.8. The van der Waals surface area contributed by atoms with E-state index >= 15 is 0 Å². The van der Waals surface area contributed by atoms with E-state index in [0.29, 0.717) is 0 Å². The van der Waals surface area contributed by atoms with Crippen molar-refractivity contribution in [1.82, 2.24) is 0 Å². The summed E-state index contributed by atoms with van der Waals surface area (Å²) in [5, 5.41) is 0. The fourth-order valence-corrected chi connectivity index (χ4v) is 2.24. The molecule has 0 aliphatic carbocycles. The number of hydrogen-bond donors (Lipinski definition) is 0. The molecule has 0 N–H and O–H groups in total. The molecule has 19 heavy (non-hydrogen) atoms. The van der Waals surface area contributed by atoms with Crippen LogP contribution in [0.5, 0.6) is 0 Å². The molecule has 0 bridgehead atoms. The molecule has 0 aliphatic rings. The van der Waals surface area contributed by atoms with Crippen LogP contribution in [0.4, 0.5) is 11.4 Å². The molecule has 0 aromatic heterocycles. The van der Waals surface area contributed by atoms with E-state index < -0.39 is 0 Å². The highest BCUT2D eigenvalue weighted by Crippen LogP contribution is 2.36. The van der Waals surface area contributed by atoms with Gasteiger partial charge in [0.05, 0.1) is 11.4 Å². The van der Waals surface area contributed by atoms with Crippen LogP contribution in [0.3, 0.4) is 0 Å². The summed E-state index contributed by atoms with van der Waals surface area (Å²) < 4.78 is 0. The summed E-state index contributed by atoms with van der Waals surface area (Å²) >= 11 is 0. The number of hydrogen-bond acceptors (Lipinski definition) is 2. The molecule has 1 rings (SSSR count). The molecule has 1 aromatic rings. The fraction of sp³-hybridized carbons (Fsp3) is 0.529. The summed E-state index contributed by atoms with van der Waals surface area (Å²) in [5.41, 5.74) is 8.25. The van der Waals surface area contributed by atoms with Crippen LogP contribution in [0.15, 0.2) is 16.1 Å². The molecular weight excluding hydrogens is 232 g/mol. The molecule has 0 radical (unpaired) electrons. The van der Waals surface area contributed by atoms with Crippen LogP contribution in [0.25, 0.3) is 0 Å². The Hall–Kier alpha value is -1.44. The smallest absolute Gasteiger partial charge is 0.0711 e. The second-order valence-corrected chi connectivity index (χ2v) is 5.34. The van der Waals surface area contributed by atoms with Crippen LogP contribution in [0, 0.1) is 6.92 Å². The zero-order valence-electron chi connectivity index (χ0n) is 13.4. The molecule has 0 fully saturated rings. The zero-order chi connectivity index (χ0) is 14.6. The lowest BCUT2D eigenvalue weighted by Crippen LogP contribution is -1.95. The lowest BCUT2D eigenvalue weighted by molar-refractivity contribution is 1.07. The van der Waals surface area contributed by atoms with Crippen molar-refractivity contribution in [3.8, 4) is 0 Å². The molecule has 0 atom stereocenters. The summed E-state index contributed by atoms with van der Waals surface area (Å²) in [6.07, 6.45) is 2.02. The zero-order valence-corrected chi connectivity index (χ0v) is 13.4. The minimum atomic E-state index is 1.01. The van der Waals surface area contributed by atoms with Crippen molar-refractivity contribution >= 4 is 22.8 Å². The van der Waals surface area contributed by atoms with Crippen molar-refractivity contribution in [2.24, 2.45) is 9.98 Å². The average Bonchev–Trinajstić information content (AvgIpc) is 2.33. The maximum absolute atomic E-state index is 4.72. The second-order valence-electron chi connectivity index (χ2n) is 5.34. The highest BCUT2D eigenvalue weighted by molar-refractivity contribution is 5.86. The van der Waals surface area contributed by atoms with Crippen LogP contribution in [0.2, 0.25) is 0 Å². The highest BCUT2D eigenvalue weighted by Gasteiger charge is 2.12. The third-order valence-electron chi connectivity index (χ3n) is 3.10. The lowest BCUT2D eigenvalue weighted by atomic mass is 9.97. The number of rotatable bonds is 4. The molecule has 2 nitrogen and oxygen atoms in total. The van der Waals surface area contributed by atoms with Crippen molar-refractivity contribution in [3.63, 3.8) is 0 Å². The Morgan fingerprint density at radius 1 is 0.842 bits per heavy atom. The standard InChI is InChI=1S/C17H26N2/c1-8-14-10-15(9-2)17(19-12(5)6)13(7)16(14)18-11(3)4/h10H,8-9H2,1-7H3. The van der Waals surface area contributed by atoms with Gasteiger partial charge in [0.15, 0.2) is 0 Å². The van der Waals surface area contributed by atoms with Gasteiger partial charge < -0.3 is 0 Å². The summed E-state index contributed by atoms with van der Waals surface area (Å²) in [5.74, 6) is 0. The van der Waals surface area contributed by atoms with Gasteiger partial charge in [-0.15, -0.1) is 0 Å². The Morgan fingerprint density at radius 3 is 1.47 bits per heavy atom. The van der Waals surface area contributed by atoms with Crippen molar-refractivity contribution in [2.75, 3.05) is 0 Å². The maximum Gasteiger partial charge on any atom is 0.0711 e. The molecule has 0 amide bonds. The van der Waals surface area contributed by atoms with Crippen LogP contribution in [-0.4, -0.2) is 11.4 Å². The largest absolute Gasteiger partial charge is 0.258 e. The van der Waals surface area contributed by atoms with Gasteiger partial charge >= 0.3 is 0 Å². The average molecular weight is 258 g/mol. The molecule has 104 valence electrons. The quantitative estimate of drug-likeness (QED) is 0.651. The SMILES string of the molecule is CCc1cc(CC)c(N=C(C)C)c(C)c1N=C(C)C. The van der Waals surface area contributed by atoms with E-state index in [1.54, 1.807) is 0 Å². The van der Waals surface area contributed by atoms with Crippen LogP contribution >= 0.6 is 0 Å². The lowest BCUT2D eigenvalue weighted by Gasteiger charge is -2.15. The van der Waals surface area contributed by atoms with Crippen molar-refractivity contribution in [1.29, 1.82) is 0 Å². The van der Waals surface area contributed by atoms with Gasteiger partial charge in [-0.1, -0.05) is 19.9 Å². The Bertz CT molecular complexity index is 470. The van der Waals surface area contributed by atoms with E-state index in [-0.39, 0.29) is 0 Å². The predicted molar refractivity (Wildman–Crippen MR) is 86.8 cm³/mol. The number of aliphatic imine (C=N–C) groups is 2. The van der Waals surface area contributed by atoms with Crippen LogP contribution in [0.1, 0.15) is 58.2 Å². The van der Waals surface area contributed by atoms with Gasteiger partial charge in [0, 0.05) is 17.0 Å². The molecule has 0 heterocycles. The number of aryl methyl sites for hydroxylation is 2. The summed E-state index contributed by atoms with van der Waals surface area (Å²) in [4.78, 5) is 9.44. The first kappa shape index (κ1) is 15.6. The first-order valence-electron chi connectivity index (χ1n) is 7.09. The first-order valence-corrected chi connectivity index (χ1v) is 7.09.